The Morgan fingerprint density at radius 3 is 2.15 bits per heavy atom. The second kappa shape index (κ2) is 8.71. The van der Waals surface area contributed by atoms with Crippen molar-refractivity contribution >= 4 is 11.9 Å². The topological polar surface area (TPSA) is 61.9 Å². The number of hydrogen-bond donors (Lipinski definition) is 1. The Balaban J connectivity index is 2.63. The first-order valence-electron chi connectivity index (χ1n) is 8.88. The Hall–Kier alpha value is -2.13. The summed E-state index contributed by atoms with van der Waals surface area (Å²) in [6.45, 7) is 5.44. The van der Waals surface area contributed by atoms with E-state index in [0.29, 0.717) is 13.1 Å². The number of alkyl halides is 3. The van der Waals surface area contributed by atoms with Crippen molar-refractivity contribution in [1.82, 2.24) is 15.1 Å². The molecule has 1 aromatic rings. The van der Waals surface area contributed by atoms with E-state index in [1.54, 1.807) is 32.0 Å². The third-order valence-electron chi connectivity index (χ3n) is 4.54. The van der Waals surface area contributed by atoms with Gasteiger partial charge in [-0.2, -0.15) is 13.2 Å². The second-order valence-corrected chi connectivity index (χ2v) is 6.11. The summed E-state index contributed by atoms with van der Waals surface area (Å²) in [4.78, 5) is 28.1. The first-order valence-corrected chi connectivity index (χ1v) is 8.88. The number of carbonyl (C=O) groups excluding carboxylic acids is 2. The van der Waals surface area contributed by atoms with Crippen LogP contribution in [-0.4, -0.2) is 67.1 Å². The maximum atomic E-state index is 13.4. The molecule has 1 aromatic carbocycles. The van der Waals surface area contributed by atoms with Gasteiger partial charge in [-0.05, 0) is 13.8 Å². The molecule has 0 radical (unpaired) electrons. The van der Waals surface area contributed by atoms with Crippen LogP contribution in [-0.2, 0) is 20.1 Å². The summed E-state index contributed by atoms with van der Waals surface area (Å²) in [5.41, 5.74) is -1.97. The normalized spacial score (nSPS) is 17.8. The SMILES string of the molecule is CCN(CC)C(=O)C(OC(=O)C(F)(F)F)(c1ccccc1)N1CCNCC1. The maximum absolute atomic E-state index is 13.4. The van der Waals surface area contributed by atoms with Gasteiger partial charge in [0.15, 0.2) is 0 Å². The summed E-state index contributed by atoms with van der Waals surface area (Å²) < 4.78 is 44.2. The van der Waals surface area contributed by atoms with E-state index in [9.17, 15) is 22.8 Å². The number of nitrogens with one attached hydrogen (secondary N) is 1. The van der Waals surface area contributed by atoms with Gasteiger partial charge in [-0.15, -0.1) is 0 Å². The zero-order valence-corrected chi connectivity index (χ0v) is 15.4. The fraction of sp³-hybridized carbons (Fsp3) is 0.556. The first-order chi connectivity index (χ1) is 12.8. The fourth-order valence-corrected chi connectivity index (χ4v) is 3.17. The van der Waals surface area contributed by atoms with Gasteiger partial charge in [-0.25, -0.2) is 4.79 Å². The van der Waals surface area contributed by atoms with Crippen molar-refractivity contribution in [2.45, 2.75) is 25.7 Å². The summed E-state index contributed by atoms with van der Waals surface area (Å²) in [6, 6.07) is 7.89. The van der Waals surface area contributed by atoms with Crippen molar-refractivity contribution in [3.05, 3.63) is 35.9 Å². The number of esters is 1. The number of amides is 1. The molecule has 0 aromatic heterocycles. The van der Waals surface area contributed by atoms with Crippen molar-refractivity contribution in [1.29, 1.82) is 0 Å². The molecule has 1 aliphatic heterocycles. The highest BCUT2D eigenvalue weighted by Gasteiger charge is 2.55. The number of ether oxygens (including phenoxy) is 1. The Bertz CT molecular complexity index is 644. The predicted octanol–water partition coefficient (Wildman–Crippen LogP) is 1.72. The molecule has 1 unspecified atom stereocenters. The molecule has 0 bridgehead atoms. The van der Waals surface area contributed by atoms with Crippen LogP contribution in [0.25, 0.3) is 0 Å². The van der Waals surface area contributed by atoms with Gasteiger partial charge >= 0.3 is 12.1 Å². The molecule has 6 nitrogen and oxygen atoms in total. The molecule has 27 heavy (non-hydrogen) atoms. The standard InChI is InChI=1S/C18H24F3N3O3/c1-3-23(4-2)15(25)17(14-8-6-5-7-9-14,24-12-10-22-11-13-24)27-16(26)18(19,20)21/h5-9,22H,3-4,10-13H2,1-2H3. The van der Waals surface area contributed by atoms with Crippen LogP contribution in [0.3, 0.4) is 0 Å². The van der Waals surface area contributed by atoms with Gasteiger partial charge in [-0.1, -0.05) is 30.3 Å². The number of halogens is 3. The lowest BCUT2D eigenvalue weighted by atomic mass is 9.97. The quantitative estimate of drug-likeness (QED) is 0.754. The van der Waals surface area contributed by atoms with E-state index in [2.05, 4.69) is 5.32 Å². The van der Waals surface area contributed by atoms with Gasteiger partial charge in [0.1, 0.15) is 0 Å². The van der Waals surface area contributed by atoms with E-state index >= 15 is 0 Å². The smallest absolute Gasteiger partial charge is 0.423 e. The minimum absolute atomic E-state index is 0.196. The van der Waals surface area contributed by atoms with Gasteiger partial charge in [-0.3, -0.25) is 9.69 Å². The average molecular weight is 387 g/mol. The second-order valence-electron chi connectivity index (χ2n) is 6.11. The molecule has 0 aliphatic carbocycles. The number of piperazine rings is 1. The number of carbonyl (C=O) groups is 2. The molecule has 0 saturated carbocycles. The Morgan fingerprint density at radius 2 is 1.67 bits per heavy atom. The summed E-state index contributed by atoms with van der Waals surface area (Å²) in [6.07, 6.45) is -5.21. The summed E-state index contributed by atoms with van der Waals surface area (Å²) in [5, 5.41) is 3.09. The van der Waals surface area contributed by atoms with E-state index in [0.717, 1.165) is 0 Å². The third-order valence-corrected chi connectivity index (χ3v) is 4.54. The largest absolute Gasteiger partial charge is 0.491 e. The highest BCUT2D eigenvalue weighted by atomic mass is 19.4. The average Bonchev–Trinajstić information content (AvgIpc) is 2.67. The van der Waals surface area contributed by atoms with E-state index in [1.807, 2.05) is 0 Å². The molecular formula is C18H24F3N3O3. The van der Waals surface area contributed by atoms with Gasteiger partial charge < -0.3 is 15.0 Å². The predicted molar refractivity (Wildman–Crippen MR) is 92.6 cm³/mol. The maximum Gasteiger partial charge on any atom is 0.491 e. The minimum atomic E-state index is -5.21. The van der Waals surface area contributed by atoms with Crippen LogP contribution in [0.2, 0.25) is 0 Å². The Labute approximate surface area is 156 Å². The van der Waals surface area contributed by atoms with Crippen molar-refractivity contribution in [2.75, 3.05) is 39.3 Å². The summed E-state index contributed by atoms with van der Waals surface area (Å²) in [5.74, 6) is -3.07. The van der Waals surface area contributed by atoms with Gasteiger partial charge in [0.25, 0.3) is 11.6 Å². The lowest BCUT2D eigenvalue weighted by Gasteiger charge is -2.45. The first kappa shape index (κ1) is 21.2. The van der Waals surface area contributed by atoms with Crippen molar-refractivity contribution in [2.24, 2.45) is 0 Å². The molecule has 1 atom stereocenters. The fourth-order valence-electron chi connectivity index (χ4n) is 3.17. The number of rotatable bonds is 6. The van der Waals surface area contributed by atoms with Gasteiger partial charge in [0, 0.05) is 44.8 Å². The van der Waals surface area contributed by atoms with Gasteiger partial charge in [0.05, 0.1) is 0 Å². The molecule has 1 amide bonds. The molecule has 0 spiro atoms. The lowest BCUT2D eigenvalue weighted by Crippen LogP contribution is -2.64. The van der Waals surface area contributed by atoms with E-state index in [1.165, 1.54) is 21.9 Å². The van der Waals surface area contributed by atoms with E-state index in [4.69, 9.17) is 4.74 Å². The van der Waals surface area contributed by atoms with Crippen LogP contribution in [0.5, 0.6) is 0 Å². The van der Waals surface area contributed by atoms with Crippen LogP contribution in [0.4, 0.5) is 13.2 Å². The molecule has 1 N–H and O–H groups in total. The van der Waals surface area contributed by atoms with Crippen molar-refractivity contribution in [3.8, 4) is 0 Å². The van der Waals surface area contributed by atoms with Crippen LogP contribution in [0.15, 0.2) is 30.3 Å². The van der Waals surface area contributed by atoms with Gasteiger partial charge in [0.2, 0.25) is 0 Å². The van der Waals surface area contributed by atoms with Crippen LogP contribution >= 0.6 is 0 Å². The van der Waals surface area contributed by atoms with E-state index < -0.39 is 23.8 Å². The number of likely N-dealkylation sites (N-methyl/N-ethyl adjacent to an activating group) is 1. The summed E-state index contributed by atoms with van der Waals surface area (Å²) in [7, 11) is 0. The molecule has 1 fully saturated rings. The van der Waals surface area contributed by atoms with Crippen molar-refractivity contribution < 1.29 is 27.5 Å². The van der Waals surface area contributed by atoms with Crippen LogP contribution in [0, 0.1) is 0 Å². The highest BCUT2D eigenvalue weighted by molar-refractivity contribution is 5.89. The van der Waals surface area contributed by atoms with E-state index in [-0.39, 0.29) is 31.7 Å². The molecule has 2 rings (SSSR count). The zero-order chi connectivity index (χ0) is 20.1. The van der Waals surface area contributed by atoms with Crippen LogP contribution in [0.1, 0.15) is 19.4 Å². The molecule has 1 aliphatic rings. The minimum Gasteiger partial charge on any atom is -0.423 e. The Morgan fingerprint density at radius 1 is 1.11 bits per heavy atom. The number of hydrogen-bond acceptors (Lipinski definition) is 5. The molecule has 150 valence electrons. The zero-order valence-electron chi connectivity index (χ0n) is 15.4. The molecule has 9 heteroatoms. The molecule has 1 saturated heterocycles. The summed E-state index contributed by atoms with van der Waals surface area (Å²) >= 11 is 0. The van der Waals surface area contributed by atoms with Crippen molar-refractivity contribution in [3.63, 3.8) is 0 Å². The Kier molecular flexibility index (Phi) is 6.83. The number of benzene rings is 1. The van der Waals surface area contributed by atoms with Crippen LogP contribution < -0.4 is 5.32 Å². The monoisotopic (exact) mass is 387 g/mol. The molecule has 1 heterocycles. The lowest BCUT2D eigenvalue weighted by molar-refractivity contribution is -0.237. The number of nitrogens with zero attached hydrogens (tertiary/aromatic N) is 2. The highest BCUT2D eigenvalue weighted by Crippen LogP contribution is 2.35. The third kappa shape index (κ3) is 4.41. The molecular weight excluding hydrogens is 363 g/mol.